The highest BCUT2D eigenvalue weighted by Crippen LogP contribution is 2.26. The number of ether oxygens (including phenoxy) is 1. The van der Waals surface area contributed by atoms with Gasteiger partial charge in [0.2, 0.25) is 0 Å². The maximum Gasteiger partial charge on any atom is 0.414 e. The van der Waals surface area contributed by atoms with Crippen molar-refractivity contribution in [3.05, 3.63) is 29.8 Å². The predicted molar refractivity (Wildman–Crippen MR) is 89.1 cm³/mol. The van der Waals surface area contributed by atoms with E-state index in [4.69, 9.17) is 11.2 Å². The average molecular weight is 314 g/mol. The van der Waals surface area contributed by atoms with Gasteiger partial charge in [-0.05, 0) is 57.9 Å². The number of carbonyl (C=O) groups is 2. The molecule has 5 nitrogen and oxygen atoms in total. The molecule has 1 aromatic rings. The van der Waals surface area contributed by atoms with E-state index in [0.717, 1.165) is 24.2 Å². The summed E-state index contributed by atoms with van der Waals surface area (Å²) in [5, 5.41) is 2.33. The zero-order chi connectivity index (χ0) is 17.0. The molecule has 1 N–H and O–H groups in total. The monoisotopic (exact) mass is 314 g/mol. The predicted octanol–water partition coefficient (Wildman–Crippen LogP) is 2.69. The molecule has 0 aliphatic carbocycles. The molecule has 2 amide bonds. The van der Waals surface area contributed by atoms with Gasteiger partial charge in [0.25, 0.3) is 5.91 Å². The number of benzene rings is 1. The minimum absolute atomic E-state index is 0.335. The fraction of sp³-hybridized carbons (Fsp3) is 0.444. The number of hydrogen-bond acceptors (Lipinski definition) is 4. The van der Waals surface area contributed by atoms with Gasteiger partial charge in [0, 0.05) is 17.8 Å². The first-order valence-corrected chi connectivity index (χ1v) is 7.67. The van der Waals surface area contributed by atoms with Crippen molar-refractivity contribution in [2.75, 3.05) is 11.4 Å². The fourth-order valence-electron chi connectivity index (χ4n) is 2.58. The van der Waals surface area contributed by atoms with E-state index in [-0.39, 0.29) is 11.9 Å². The van der Waals surface area contributed by atoms with Crippen LogP contribution in [0.1, 0.15) is 39.2 Å². The summed E-state index contributed by atoms with van der Waals surface area (Å²) in [6.45, 7) is 6.03. The van der Waals surface area contributed by atoms with Crippen LogP contribution in [0.15, 0.2) is 24.3 Å². The molecule has 1 atom stereocenters. The van der Waals surface area contributed by atoms with Gasteiger partial charge in [0.05, 0.1) is 0 Å². The zero-order valence-corrected chi connectivity index (χ0v) is 13.8. The molecule has 23 heavy (non-hydrogen) atoms. The molecular weight excluding hydrogens is 292 g/mol. The van der Waals surface area contributed by atoms with Crippen molar-refractivity contribution in [1.82, 2.24) is 5.32 Å². The Kier molecular flexibility index (Phi) is 4.95. The van der Waals surface area contributed by atoms with Gasteiger partial charge in [0.15, 0.2) is 0 Å². The minimum atomic E-state index is -0.711. The molecule has 0 radical (unpaired) electrons. The summed E-state index contributed by atoms with van der Waals surface area (Å²) >= 11 is 0. The normalized spacial score (nSPS) is 17.5. The summed E-state index contributed by atoms with van der Waals surface area (Å²) in [5.74, 6) is 2.23. The molecule has 122 valence electrons. The van der Waals surface area contributed by atoms with Crippen LogP contribution in [0.3, 0.4) is 0 Å². The number of hydrogen-bond donors (Lipinski definition) is 1. The Hall–Kier alpha value is -2.48. The second kappa shape index (κ2) is 6.74. The van der Waals surface area contributed by atoms with Crippen molar-refractivity contribution >= 4 is 17.7 Å². The van der Waals surface area contributed by atoms with Crippen molar-refractivity contribution in [3.63, 3.8) is 0 Å². The summed E-state index contributed by atoms with van der Waals surface area (Å²) in [4.78, 5) is 26.1. The highest BCUT2D eigenvalue weighted by atomic mass is 16.6. The Balaban J connectivity index is 2.04. The van der Waals surface area contributed by atoms with Crippen LogP contribution in [-0.2, 0) is 9.53 Å². The van der Waals surface area contributed by atoms with Crippen molar-refractivity contribution in [2.24, 2.45) is 0 Å². The third kappa shape index (κ3) is 4.49. The second-order valence-electron chi connectivity index (χ2n) is 6.53. The Bertz CT molecular complexity index is 623. The number of rotatable bonds is 2. The summed E-state index contributed by atoms with van der Waals surface area (Å²) in [7, 11) is 0. The van der Waals surface area contributed by atoms with Crippen LogP contribution in [0.5, 0.6) is 0 Å². The molecule has 1 heterocycles. The van der Waals surface area contributed by atoms with Crippen LogP contribution in [-0.4, -0.2) is 30.2 Å². The lowest BCUT2D eigenvalue weighted by Crippen LogP contribution is -2.47. The first-order valence-electron chi connectivity index (χ1n) is 7.67. The summed E-state index contributed by atoms with van der Waals surface area (Å²) < 4.78 is 5.13. The van der Waals surface area contributed by atoms with E-state index < -0.39 is 11.7 Å². The van der Waals surface area contributed by atoms with Gasteiger partial charge in [-0.2, -0.15) is 0 Å². The zero-order valence-electron chi connectivity index (χ0n) is 13.8. The van der Waals surface area contributed by atoms with Gasteiger partial charge in [-0.25, -0.2) is 4.79 Å². The number of imide groups is 1. The van der Waals surface area contributed by atoms with Gasteiger partial charge < -0.3 is 9.64 Å². The molecule has 1 fully saturated rings. The van der Waals surface area contributed by atoms with E-state index in [1.807, 2.05) is 29.2 Å². The van der Waals surface area contributed by atoms with Crippen LogP contribution in [0.2, 0.25) is 0 Å². The lowest BCUT2D eigenvalue weighted by molar-refractivity contribution is -0.121. The second-order valence-corrected chi connectivity index (χ2v) is 6.53. The number of alkyl carbamates (subject to hydrolysis) is 1. The highest BCUT2D eigenvalue weighted by molar-refractivity contribution is 5.97. The van der Waals surface area contributed by atoms with Gasteiger partial charge in [-0.3, -0.25) is 10.1 Å². The molecule has 5 heteroatoms. The van der Waals surface area contributed by atoms with Crippen molar-refractivity contribution in [2.45, 2.75) is 45.3 Å². The number of anilines is 1. The molecule has 0 bridgehead atoms. The van der Waals surface area contributed by atoms with E-state index in [1.165, 1.54) is 0 Å². The number of terminal acetylenes is 1. The van der Waals surface area contributed by atoms with E-state index in [9.17, 15) is 9.59 Å². The first-order chi connectivity index (χ1) is 10.8. The maximum absolute atomic E-state index is 12.4. The molecular formula is C18H22N2O3. The molecule has 1 aliphatic heterocycles. The van der Waals surface area contributed by atoms with E-state index >= 15 is 0 Å². The molecule has 1 aliphatic rings. The summed E-state index contributed by atoms with van der Waals surface area (Å²) in [5.41, 5.74) is 1.08. The van der Waals surface area contributed by atoms with Crippen LogP contribution in [0.25, 0.3) is 0 Å². The summed E-state index contributed by atoms with van der Waals surface area (Å²) in [6, 6.07) is 7.11. The molecule has 0 spiro atoms. The van der Waals surface area contributed by atoms with Crippen LogP contribution < -0.4 is 10.2 Å². The number of carbonyl (C=O) groups excluding carboxylic acids is 2. The van der Waals surface area contributed by atoms with E-state index in [1.54, 1.807) is 20.8 Å². The van der Waals surface area contributed by atoms with Gasteiger partial charge >= 0.3 is 6.09 Å². The smallest absolute Gasteiger partial charge is 0.414 e. The SMILES string of the molecule is C#Cc1ccc(N2CCC[C@@H]2C(=O)NC(=O)OC(C)(C)C)cc1. The van der Waals surface area contributed by atoms with Crippen LogP contribution in [0.4, 0.5) is 10.5 Å². The molecule has 0 unspecified atom stereocenters. The van der Waals surface area contributed by atoms with Crippen molar-refractivity contribution in [1.29, 1.82) is 0 Å². The van der Waals surface area contributed by atoms with Crippen LogP contribution in [0, 0.1) is 12.3 Å². The highest BCUT2D eigenvalue weighted by Gasteiger charge is 2.32. The molecule has 0 saturated carbocycles. The minimum Gasteiger partial charge on any atom is -0.444 e. The number of nitrogens with one attached hydrogen (secondary N) is 1. The molecule has 1 aromatic carbocycles. The third-order valence-electron chi connectivity index (χ3n) is 3.55. The lowest BCUT2D eigenvalue weighted by atomic mass is 10.1. The lowest BCUT2D eigenvalue weighted by Gasteiger charge is -2.26. The molecule has 0 aromatic heterocycles. The van der Waals surface area contributed by atoms with Crippen molar-refractivity contribution in [3.8, 4) is 12.3 Å². The molecule has 1 saturated heterocycles. The third-order valence-corrected chi connectivity index (χ3v) is 3.55. The topological polar surface area (TPSA) is 58.6 Å². The number of amides is 2. The molecule has 2 rings (SSSR count). The van der Waals surface area contributed by atoms with E-state index in [2.05, 4.69) is 11.2 Å². The van der Waals surface area contributed by atoms with Crippen molar-refractivity contribution < 1.29 is 14.3 Å². The quantitative estimate of drug-likeness (QED) is 0.853. The van der Waals surface area contributed by atoms with Gasteiger partial charge in [0.1, 0.15) is 11.6 Å². The maximum atomic E-state index is 12.4. The van der Waals surface area contributed by atoms with Gasteiger partial charge in [-0.1, -0.05) is 5.92 Å². The number of nitrogens with zero attached hydrogens (tertiary/aromatic N) is 1. The Morgan fingerprint density at radius 2 is 1.96 bits per heavy atom. The summed E-state index contributed by atoms with van der Waals surface area (Å²) in [6.07, 6.45) is 6.24. The first kappa shape index (κ1) is 16.9. The standard InChI is InChI=1S/C18H22N2O3/c1-5-13-8-10-14(11-9-13)20-12-6-7-15(20)16(21)19-17(22)23-18(2,3)4/h1,8-11,15H,6-7,12H2,2-4H3,(H,19,21,22)/t15-/m1/s1. The Morgan fingerprint density at radius 1 is 1.30 bits per heavy atom. The fourth-order valence-corrected chi connectivity index (χ4v) is 2.58. The average Bonchev–Trinajstić information content (AvgIpc) is 2.94. The Labute approximate surface area is 137 Å². The van der Waals surface area contributed by atoms with Crippen LogP contribution >= 0.6 is 0 Å². The largest absolute Gasteiger partial charge is 0.444 e. The Morgan fingerprint density at radius 3 is 2.52 bits per heavy atom. The van der Waals surface area contributed by atoms with Gasteiger partial charge in [-0.15, -0.1) is 6.42 Å². The van der Waals surface area contributed by atoms with E-state index in [0.29, 0.717) is 6.42 Å².